The van der Waals surface area contributed by atoms with E-state index >= 15 is 0 Å². The predicted octanol–water partition coefficient (Wildman–Crippen LogP) is 2.64. The van der Waals surface area contributed by atoms with Gasteiger partial charge < -0.3 is 10.1 Å². The Balaban J connectivity index is 2.12. The van der Waals surface area contributed by atoms with Gasteiger partial charge in [-0.2, -0.15) is 0 Å². The Morgan fingerprint density at radius 2 is 1.90 bits per heavy atom. The number of nitrogens with one attached hydrogen (secondary N) is 1. The molecule has 1 amide bonds. The molecule has 2 rings (SSSR count). The fourth-order valence-electron chi connectivity index (χ4n) is 2.83. The van der Waals surface area contributed by atoms with Crippen LogP contribution >= 0.6 is 0 Å². The summed E-state index contributed by atoms with van der Waals surface area (Å²) in [6, 6.07) is 9.12. The second-order valence-corrected chi connectivity index (χ2v) is 6.58. The number of hydrogen-bond donors (Lipinski definition) is 1. The van der Waals surface area contributed by atoms with Gasteiger partial charge in [-0.3, -0.25) is 4.79 Å². The number of carbonyl (C=O) groups excluding carboxylic acids is 2. The second kappa shape index (κ2) is 5.88. The van der Waals surface area contributed by atoms with E-state index in [0.29, 0.717) is 6.42 Å². The van der Waals surface area contributed by atoms with Crippen molar-refractivity contribution in [3.8, 4) is 0 Å². The minimum atomic E-state index is -0.544. The largest absolute Gasteiger partial charge is 0.458 e. The molecule has 2 unspecified atom stereocenters. The molecule has 4 heteroatoms. The van der Waals surface area contributed by atoms with Crippen LogP contribution in [0.4, 0.5) is 0 Å². The lowest BCUT2D eigenvalue weighted by molar-refractivity contribution is -0.148. The van der Waals surface area contributed by atoms with E-state index in [0.717, 1.165) is 5.56 Å². The van der Waals surface area contributed by atoms with Gasteiger partial charge in [0.25, 0.3) is 0 Å². The van der Waals surface area contributed by atoms with Gasteiger partial charge in [0.1, 0.15) is 11.6 Å². The highest BCUT2D eigenvalue weighted by atomic mass is 16.6. The Labute approximate surface area is 125 Å². The first-order valence-electron chi connectivity index (χ1n) is 7.38. The fourth-order valence-corrected chi connectivity index (χ4v) is 2.83. The molecule has 1 fully saturated rings. The minimum Gasteiger partial charge on any atom is -0.458 e. The van der Waals surface area contributed by atoms with Crippen LogP contribution in [0.1, 0.15) is 45.6 Å². The van der Waals surface area contributed by atoms with Crippen molar-refractivity contribution in [2.45, 2.75) is 51.7 Å². The second-order valence-electron chi connectivity index (χ2n) is 6.58. The molecule has 1 aromatic rings. The van der Waals surface area contributed by atoms with Gasteiger partial charge in [-0.25, -0.2) is 4.79 Å². The molecule has 0 aromatic heterocycles. The molecule has 2 atom stereocenters. The van der Waals surface area contributed by atoms with Crippen molar-refractivity contribution in [1.29, 1.82) is 0 Å². The summed E-state index contributed by atoms with van der Waals surface area (Å²) in [7, 11) is 0. The molecule has 114 valence electrons. The summed E-state index contributed by atoms with van der Waals surface area (Å²) in [6.07, 6.45) is 0.511. The van der Waals surface area contributed by atoms with Crippen LogP contribution in [0, 0.1) is 5.92 Å². The van der Waals surface area contributed by atoms with Crippen molar-refractivity contribution in [3.05, 3.63) is 35.9 Å². The molecule has 0 spiro atoms. The molecule has 1 N–H and O–H groups in total. The van der Waals surface area contributed by atoms with Gasteiger partial charge in [0.15, 0.2) is 0 Å². The third-order valence-electron chi connectivity index (χ3n) is 3.78. The molecule has 1 aliphatic heterocycles. The van der Waals surface area contributed by atoms with E-state index in [2.05, 4.69) is 5.32 Å². The van der Waals surface area contributed by atoms with Crippen LogP contribution in [-0.2, 0) is 14.3 Å². The van der Waals surface area contributed by atoms with Crippen LogP contribution < -0.4 is 5.32 Å². The number of amides is 1. The highest BCUT2D eigenvalue weighted by Gasteiger charge is 2.41. The average Bonchev–Trinajstić information content (AvgIpc) is 2.63. The summed E-state index contributed by atoms with van der Waals surface area (Å²) in [5.74, 6) is -0.569. The molecule has 1 saturated heterocycles. The van der Waals surface area contributed by atoms with Gasteiger partial charge in [0.2, 0.25) is 5.91 Å². The fraction of sp³-hybridized carbons (Fsp3) is 0.529. The first-order valence-corrected chi connectivity index (χ1v) is 7.38. The zero-order valence-corrected chi connectivity index (χ0v) is 13.1. The average molecular weight is 289 g/mol. The topological polar surface area (TPSA) is 55.4 Å². The predicted molar refractivity (Wildman–Crippen MR) is 80.7 cm³/mol. The van der Waals surface area contributed by atoms with Crippen molar-refractivity contribution in [1.82, 2.24) is 5.32 Å². The van der Waals surface area contributed by atoms with E-state index in [9.17, 15) is 9.59 Å². The Morgan fingerprint density at radius 1 is 1.29 bits per heavy atom. The lowest BCUT2D eigenvalue weighted by Crippen LogP contribution is -2.42. The molecular formula is C17H23NO3. The van der Waals surface area contributed by atoms with E-state index < -0.39 is 11.6 Å². The van der Waals surface area contributed by atoms with Crippen molar-refractivity contribution in [2.24, 2.45) is 5.92 Å². The first kappa shape index (κ1) is 15.5. The van der Waals surface area contributed by atoms with E-state index in [1.807, 2.05) is 58.0 Å². The normalized spacial score (nSPS) is 22.0. The summed E-state index contributed by atoms with van der Waals surface area (Å²) in [6.45, 7) is 7.73. The van der Waals surface area contributed by atoms with Crippen LogP contribution in [0.5, 0.6) is 0 Å². The molecule has 1 aromatic carbocycles. The number of hydrogen-bond acceptors (Lipinski definition) is 3. The van der Waals surface area contributed by atoms with E-state index in [-0.39, 0.29) is 23.7 Å². The van der Waals surface area contributed by atoms with E-state index in [4.69, 9.17) is 4.74 Å². The van der Waals surface area contributed by atoms with Gasteiger partial charge >= 0.3 is 5.97 Å². The van der Waals surface area contributed by atoms with Gasteiger partial charge in [-0.1, -0.05) is 44.2 Å². The summed E-state index contributed by atoms with van der Waals surface area (Å²) in [5, 5.41) is 2.85. The molecule has 0 radical (unpaired) electrons. The summed E-state index contributed by atoms with van der Waals surface area (Å²) in [4.78, 5) is 24.4. The highest BCUT2D eigenvalue weighted by molar-refractivity contribution is 5.89. The van der Waals surface area contributed by atoms with Crippen LogP contribution in [0.25, 0.3) is 0 Å². The lowest BCUT2D eigenvalue weighted by atomic mass is 9.87. The number of esters is 1. The molecule has 1 aliphatic rings. The third kappa shape index (κ3) is 3.63. The van der Waals surface area contributed by atoms with Crippen LogP contribution in [0.15, 0.2) is 30.3 Å². The first-order chi connectivity index (χ1) is 9.80. The highest BCUT2D eigenvalue weighted by Crippen LogP contribution is 2.28. The van der Waals surface area contributed by atoms with Crippen LogP contribution in [0.2, 0.25) is 0 Å². The Hall–Kier alpha value is -1.84. The Kier molecular flexibility index (Phi) is 4.35. The maximum Gasteiger partial charge on any atom is 0.329 e. The van der Waals surface area contributed by atoms with Crippen LogP contribution in [-0.4, -0.2) is 23.5 Å². The van der Waals surface area contributed by atoms with Gasteiger partial charge in [-0.15, -0.1) is 0 Å². The molecular weight excluding hydrogens is 266 g/mol. The number of benzene rings is 1. The summed E-state index contributed by atoms with van der Waals surface area (Å²) < 4.78 is 5.25. The zero-order valence-electron chi connectivity index (χ0n) is 13.1. The van der Waals surface area contributed by atoms with Gasteiger partial charge in [0, 0.05) is 6.42 Å². The number of cyclic esters (lactones) is 1. The standard InChI is InChI=1S/C17H23NO3/c1-11(2)14(12-8-6-5-7-9-12)15(19)18-13-10-17(3,4)21-16(13)20/h5-9,11,13-14H,10H2,1-4H3,(H,18,19). The summed E-state index contributed by atoms with van der Waals surface area (Å²) in [5.41, 5.74) is 0.463. The molecule has 1 heterocycles. The number of carbonyl (C=O) groups is 2. The molecule has 0 saturated carbocycles. The molecule has 0 bridgehead atoms. The minimum absolute atomic E-state index is 0.115. The monoisotopic (exact) mass is 289 g/mol. The van der Waals surface area contributed by atoms with Crippen molar-refractivity contribution in [2.75, 3.05) is 0 Å². The van der Waals surface area contributed by atoms with E-state index in [1.165, 1.54) is 0 Å². The smallest absolute Gasteiger partial charge is 0.329 e. The van der Waals surface area contributed by atoms with Gasteiger partial charge in [-0.05, 0) is 25.3 Å². The maximum absolute atomic E-state index is 12.6. The lowest BCUT2D eigenvalue weighted by Gasteiger charge is -2.22. The van der Waals surface area contributed by atoms with Crippen molar-refractivity contribution in [3.63, 3.8) is 0 Å². The van der Waals surface area contributed by atoms with Crippen molar-refractivity contribution < 1.29 is 14.3 Å². The SMILES string of the molecule is CC(C)C(C(=O)NC1CC(C)(C)OC1=O)c1ccccc1. The zero-order chi connectivity index (χ0) is 15.6. The van der Waals surface area contributed by atoms with Crippen molar-refractivity contribution >= 4 is 11.9 Å². The number of ether oxygens (including phenoxy) is 1. The Morgan fingerprint density at radius 3 is 2.38 bits per heavy atom. The third-order valence-corrected chi connectivity index (χ3v) is 3.78. The number of rotatable bonds is 4. The van der Waals surface area contributed by atoms with E-state index in [1.54, 1.807) is 0 Å². The molecule has 0 aliphatic carbocycles. The molecule has 21 heavy (non-hydrogen) atoms. The Bertz CT molecular complexity index is 522. The summed E-state index contributed by atoms with van der Waals surface area (Å²) >= 11 is 0. The van der Waals surface area contributed by atoms with Gasteiger partial charge in [0.05, 0.1) is 5.92 Å². The maximum atomic E-state index is 12.6. The molecule has 4 nitrogen and oxygen atoms in total. The van der Waals surface area contributed by atoms with Crippen LogP contribution in [0.3, 0.4) is 0 Å². The quantitative estimate of drug-likeness (QED) is 0.867.